The molecule has 0 saturated carbocycles. The van der Waals surface area contributed by atoms with Gasteiger partial charge in [0.05, 0.1) is 5.02 Å². The molecule has 4 heterocycles. The van der Waals surface area contributed by atoms with Gasteiger partial charge in [0.15, 0.2) is 5.82 Å². The first-order valence-electron chi connectivity index (χ1n) is 10.00. The minimum Gasteiger partial charge on any atom is -0.365 e. The van der Waals surface area contributed by atoms with Crippen molar-refractivity contribution in [3.8, 4) is 11.4 Å². The van der Waals surface area contributed by atoms with Gasteiger partial charge in [0.2, 0.25) is 5.91 Å². The predicted octanol–water partition coefficient (Wildman–Crippen LogP) is 4.12. The Balaban J connectivity index is 1.50. The van der Waals surface area contributed by atoms with E-state index in [1.54, 1.807) is 12.4 Å². The van der Waals surface area contributed by atoms with Crippen molar-refractivity contribution >= 4 is 34.4 Å². The van der Waals surface area contributed by atoms with Crippen LogP contribution in [0.2, 0.25) is 5.02 Å². The molecule has 1 saturated heterocycles. The van der Waals surface area contributed by atoms with Crippen LogP contribution in [0.1, 0.15) is 33.1 Å². The summed E-state index contributed by atoms with van der Waals surface area (Å²) in [6.07, 6.45) is 7.80. The number of pyridine rings is 1. The summed E-state index contributed by atoms with van der Waals surface area (Å²) in [4.78, 5) is 30.9. The van der Waals surface area contributed by atoms with Crippen molar-refractivity contribution in [2.24, 2.45) is 5.92 Å². The van der Waals surface area contributed by atoms with E-state index in [1.165, 1.54) is 0 Å². The summed E-state index contributed by atoms with van der Waals surface area (Å²) in [7, 11) is 0. The highest BCUT2D eigenvalue weighted by Gasteiger charge is 2.24. The Labute approximate surface area is 174 Å². The quantitative estimate of drug-likeness (QED) is 0.658. The molecule has 3 aromatic rings. The van der Waals surface area contributed by atoms with Crippen molar-refractivity contribution in [2.45, 2.75) is 39.2 Å². The Kier molecular flexibility index (Phi) is 5.67. The van der Waals surface area contributed by atoms with Crippen LogP contribution in [0.15, 0.2) is 30.7 Å². The van der Waals surface area contributed by atoms with Gasteiger partial charge in [0, 0.05) is 55.1 Å². The van der Waals surface area contributed by atoms with Gasteiger partial charge in [-0.3, -0.25) is 4.79 Å². The van der Waals surface area contributed by atoms with E-state index < -0.39 is 0 Å². The van der Waals surface area contributed by atoms with Gasteiger partial charge in [-0.25, -0.2) is 15.0 Å². The molecule has 1 aliphatic rings. The number of carbonyl (C=O) groups is 1. The fraction of sp³-hybridized carbons (Fsp3) is 0.429. The van der Waals surface area contributed by atoms with Crippen LogP contribution in [0.5, 0.6) is 0 Å². The SMILES string of the molecule is CC(C)CC(=O)N1CCCC(Nc2ccnc(-c3c[nH]c4ncc(Cl)cc34)n2)C1. The first-order valence-corrected chi connectivity index (χ1v) is 10.4. The molecule has 0 spiro atoms. The topological polar surface area (TPSA) is 86.8 Å². The Morgan fingerprint density at radius 3 is 3.10 bits per heavy atom. The molecule has 29 heavy (non-hydrogen) atoms. The Hall–Kier alpha value is -2.67. The molecule has 1 amide bonds. The molecule has 0 radical (unpaired) electrons. The van der Waals surface area contributed by atoms with E-state index in [2.05, 4.69) is 34.1 Å². The van der Waals surface area contributed by atoms with Gasteiger partial charge in [0.1, 0.15) is 11.5 Å². The largest absolute Gasteiger partial charge is 0.365 e. The van der Waals surface area contributed by atoms with Crippen molar-refractivity contribution in [3.63, 3.8) is 0 Å². The van der Waals surface area contributed by atoms with Crippen LogP contribution >= 0.6 is 11.6 Å². The van der Waals surface area contributed by atoms with Crippen molar-refractivity contribution < 1.29 is 4.79 Å². The molecule has 152 valence electrons. The third-order valence-electron chi connectivity index (χ3n) is 5.10. The maximum Gasteiger partial charge on any atom is 0.222 e. The van der Waals surface area contributed by atoms with Gasteiger partial charge in [-0.2, -0.15) is 0 Å². The second-order valence-electron chi connectivity index (χ2n) is 7.94. The zero-order valence-corrected chi connectivity index (χ0v) is 17.4. The predicted molar refractivity (Wildman–Crippen MR) is 115 cm³/mol. The molecule has 1 aliphatic heterocycles. The van der Waals surface area contributed by atoms with Crippen LogP contribution < -0.4 is 5.32 Å². The standard InChI is InChI=1S/C21H25ClN6O/c1-13(2)8-19(29)28-7-3-4-15(12-28)26-18-5-6-23-21(27-18)17-11-25-20-16(17)9-14(22)10-24-20/h5-6,9-11,13,15H,3-4,7-8,12H2,1-2H3,(H,24,25)(H,23,26,27). The zero-order chi connectivity index (χ0) is 20.4. The highest BCUT2D eigenvalue weighted by atomic mass is 35.5. The normalized spacial score (nSPS) is 17.1. The van der Waals surface area contributed by atoms with E-state index in [0.717, 1.165) is 41.8 Å². The molecule has 8 heteroatoms. The maximum absolute atomic E-state index is 12.4. The monoisotopic (exact) mass is 412 g/mol. The summed E-state index contributed by atoms with van der Waals surface area (Å²) in [5, 5.41) is 4.94. The van der Waals surface area contributed by atoms with E-state index >= 15 is 0 Å². The molecule has 4 rings (SSSR count). The van der Waals surface area contributed by atoms with E-state index in [4.69, 9.17) is 16.6 Å². The Bertz CT molecular complexity index is 1020. The molecule has 1 atom stereocenters. The summed E-state index contributed by atoms with van der Waals surface area (Å²) >= 11 is 6.10. The van der Waals surface area contributed by atoms with E-state index in [-0.39, 0.29) is 11.9 Å². The zero-order valence-electron chi connectivity index (χ0n) is 16.7. The lowest BCUT2D eigenvalue weighted by atomic mass is 10.0. The lowest BCUT2D eigenvalue weighted by molar-refractivity contribution is -0.133. The number of hydrogen-bond acceptors (Lipinski definition) is 5. The number of aromatic amines is 1. The van der Waals surface area contributed by atoms with E-state index in [1.807, 2.05) is 23.2 Å². The van der Waals surface area contributed by atoms with Crippen molar-refractivity contribution in [1.29, 1.82) is 0 Å². The van der Waals surface area contributed by atoms with Crippen LogP contribution in [0.4, 0.5) is 5.82 Å². The number of likely N-dealkylation sites (tertiary alicyclic amines) is 1. The second-order valence-corrected chi connectivity index (χ2v) is 8.38. The van der Waals surface area contributed by atoms with Crippen LogP contribution in [0, 0.1) is 5.92 Å². The number of carbonyl (C=O) groups excluding carboxylic acids is 1. The summed E-state index contributed by atoms with van der Waals surface area (Å²) in [5.41, 5.74) is 1.61. The number of hydrogen-bond donors (Lipinski definition) is 2. The number of anilines is 1. The molecule has 0 aromatic carbocycles. The lowest BCUT2D eigenvalue weighted by Crippen LogP contribution is -2.45. The fourth-order valence-corrected chi connectivity index (χ4v) is 3.90. The first-order chi connectivity index (χ1) is 14.0. The lowest BCUT2D eigenvalue weighted by Gasteiger charge is -2.34. The molecule has 1 fully saturated rings. The fourth-order valence-electron chi connectivity index (χ4n) is 3.74. The van der Waals surface area contributed by atoms with E-state index in [9.17, 15) is 4.79 Å². The van der Waals surface area contributed by atoms with Crippen molar-refractivity contribution in [1.82, 2.24) is 24.8 Å². The van der Waals surface area contributed by atoms with Gasteiger partial charge in [-0.15, -0.1) is 0 Å². The summed E-state index contributed by atoms with van der Waals surface area (Å²) in [6.45, 7) is 5.69. The molecule has 3 aromatic heterocycles. The Morgan fingerprint density at radius 2 is 2.28 bits per heavy atom. The van der Waals surface area contributed by atoms with Gasteiger partial charge in [0.25, 0.3) is 0 Å². The van der Waals surface area contributed by atoms with Gasteiger partial charge >= 0.3 is 0 Å². The third-order valence-corrected chi connectivity index (χ3v) is 5.31. The summed E-state index contributed by atoms with van der Waals surface area (Å²) < 4.78 is 0. The third kappa shape index (κ3) is 4.50. The number of H-pyrrole nitrogens is 1. The van der Waals surface area contributed by atoms with Crippen molar-refractivity contribution in [2.75, 3.05) is 18.4 Å². The minimum absolute atomic E-state index is 0.182. The number of halogens is 1. The number of rotatable bonds is 5. The summed E-state index contributed by atoms with van der Waals surface area (Å²) in [5.74, 6) is 1.97. The van der Waals surface area contributed by atoms with Gasteiger partial charge in [-0.1, -0.05) is 25.4 Å². The molecule has 0 aliphatic carbocycles. The summed E-state index contributed by atoms with van der Waals surface area (Å²) in [6, 6.07) is 3.90. The first kappa shape index (κ1) is 19.6. The Morgan fingerprint density at radius 1 is 1.41 bits per heavy atom. The van der Waals surface area contributed by atoms with E-state index in [0.29, 0.717) is 29.7 Å². The van der Waals surface area contributed by atoms with Crippen LogP contribution in [-0.4, -0.2) is 49.9 Å². The number of nitrogens with zero attached hydrogens (tertiary/aromatic N) is 4. The van der Waals surface area contributed by atoms with Crippen LogP contribution in [-0.2, 0) is 4.79 Å². The number of amides is 1. The number of fused-ring (bicyclic) bond motifs is 1. The molecule has 1 unspecified atom stereocenters. The van der Waals surface area contributed by atoms with Crippen LogP contribution in [0.25, 0.3) is 22.4 Å². The van der Waals surface area contributed by atoms with Gasteiger partial charge in [-0.05, 0) is 30.9 Å². The molecular formula is C21H25ClN6O. The molecule has 2 N–H and O–H groups in total. The molecule has 0 bridgehead atoms. The second kappa shape index (κ2) is 8.37. The average molecular weight is 413 g/mol. The number of piperidine rings is 1. The minimum atomic E-state index is 0.182. The average Bonchev–Trinajstić information content (AvgIpc) is 3.11. The molecular weight excluding hydrogens is 388 g/mol. The van der Waals surface area contributed by atoms with Crippen molar-refractivity contribution in [3.05, 3.63) is 35.7 Å². The number of nitrogens with one attached hydrogen (secondary N) is 2. The highest BCUT2D eigenvalue weighted by molar-refractivity contribution is 6.31. The highest BCUT2D eigenvalue weighted by Crippen LogP contribution is 2.28. The smallest absolute Gasteiger partial charge is 0.222 e. The van der Waals surface area contributed by atoms with Crippen LogP contribution in [0.3, 0.4) is 0 Å². The number of aromatic nitrogens is 4. The molecule has 7 nitrogen and oxygen atoms in total. The maximum atomic E-state index is 12.4. The van der Waals surface area contributed by atoms with Gasteiger partial charge < -0.3 is 15.2 Å².